The molecule has 132 valence electrons. The molecule has 0 aliphatic rings. The third-order valence-corrected chi connectivity index (χ3v) is 3.84. The van der Waals surface area contributed by atoms with Crippen molar-refractivity contribution in [2.75, 3.05) is 10.6 Å². The van der Waals surface area contributed by atoms with Crippen LogP contribution >= 0.6 is 0 Å². The van der Waals surface area contributed by atoms with E-state index in [1.807, 2.05) is 12.1 Å². The molecule has 4 rings (SSSR count). The second-order valence-corrected chi connectivity index (χ2v) is 5.65. The van der Waals surface area contributed by atoms with E-state index in [-0.39, 0.29) is 11.8 Å². The molecule has 0 saturated carbocycles. The van der Waals surface area contributed by atoms with Gasteiger partial charge in [-0.15, -0.1) is 10.2 Å². The zero-order chi connectivity index (χ0) is 18.6. The van der Waals surface area contributed by atoms with E-state index in [9.17, 15) is 9.59 Å². The highest BCUT2D eigenvalue weighted by Crippen LogP contribution is 2.13. The molecular weight excluding hydrogens is 344 g/mol. The van der Waals surface area contributed by atoms with Gasteiger partial charge in [-0.1, -0.05) is 12.1 Å². The summed E-state index contributed by atoms with van der Waals surface area (Å²) in [6.07, 6.45) is 3.32. The van der Waals surface area contributed by atoms with Crippen LogP contribution in [-0.2, 0) is 0 Å². The van der Waals surface area contributed by atoms with Gasteiger partial charge in [0.15, 0.2) is 5.65 Å². The summed E-state index contributed by atoms with van der Waals surface area (Å²) < 4.78 is 1.68. The molecule has 8 heteroatoms. The summed E-state index contributed by atoms with van der Waals surface area (Å²) in [7, 11) is 0. The van der Waals surface area contributed by atoms with Gasteiger partial charge in [0.1, 0.15) is 5.69 Å². The number of rotatable bonds is 4. The van der Waals surface area contributed by atoms with Crippen LogP contribution in [0.4, 0.5) is 11.6 Å². The molecule has 0 fully saturated rings. The number of carbonyl (C=O) groups is 2. The van der Waals surface area contributed by atoms with E-state index < -0.39 is 0 Å². The lowest BCUT2D eigenvalue weighted by molar-refractivity contribution is 0.101. The van der Waals surface area contributed by atoms with Crippen LogP contribution in [0.3, 0.4) is 0 Å². The number of anilines is 2. The minimum absolute atomic E-state index is 0.317. The number of nitrogens with one attached hydrogen (secondary N) is 2. The molecule has 0 radical (unpaired) electrons. The zero-order valence-electron chi connectivity index (χ0n) is 14.0. The molecule has 1 aromatic carbocycles. The van der Waals surface area contributed by atoms with Crippen molar-refractivity contribution < 1.29 is 9.59 Å². The van der Waals surface area contributed by atoms with Crippen molar-refractivity contribution in [3.05, 3.63) is 84.3 Å². The van der Waals surface area contributed by atoms with Crippen molar-refractivity contribution in [3.63, 3.8) is 0 Å². The van der Waals surface area contributed by atoms with Crippen molar-refractivity contribution in [2.45, 2.75) is 0 Å². The maximum Gasteiger partial charge on any atom is 0.274 e. The number of hydrogen-bond acceptors (Lipinski definition) is 5. The molecule has 3 aromatic heterocycles. The Balaban J connectivity index is 1.45. The molecule has 0 bridgehead atoms. The fourth-order valence-electron chi connectivity index (χ4n) is 2.50. The quantitative estimate of drug-likeness (QED) is 0.584. The number of benzene rings is 1. The summed E-state index contributed by atoms with van der Waals surface area (Å²) in [6, 6.07) is 17.1. The maximum atomic E-state index is 12.4. The molecule has 8 nitrogen and oxygen atoms in total. The maximum absolute atomic E-state index is 12.4. The smallest absolute Gasteiger partial charge is 0.274 e. The van der Waals surface area contributed by atoms with Crippen LogP contribution in [0.25, 0.3) is 5.65 Å². The summed E-state index contributed by atoms with van der Waals surface area (Å²) in [5.74, 6) is -0.304. The predicted octanol–water partition coefficient (Wildman–Crippen LogP) is 2.63. The van der Waals surface area contributed by atoms with Crippen molar-refractivity contribution in [1.82, 2.24) is 19.6 Å². The standard InChI is InChI=1S/C19H14N6O2/c26-17(22-19-24-23-16-6-2-4-12-25(16)19)13-7-9-14(10-8-13)21-18(27)15-5-1-3-11-20-15/h1-12H,(H,21,27)(H,22,24,26). The molecular formula is C19H14N6O2. The average Bonchev–Trinajstić information content (AvgIpc) is 3.12. The van der Waals surface area contributed by atoms with Crippen LogP contribution < -0.4 is 10.6 Å². The highest BCUT2D eigenvalue weighted by atomic mass is 16.2. The van der Waals surface area contributed by atoms with Gasteiger partial charge in [-0.05, 0) is 48.5 Å². The van der Waals surface area contributed by atoms with E-state index in [1.54, 1.807) is 65.3 Å². The predicted molar refractivity (Wildman–Crippen MR) is 99.6 cm³/mol. The van der Waals surface area contributed by atoms with Crippen LogP contribution in [0.15, 0.2) is 73.1 Å². The second-order valence-electron chi connectivity index (χ2n) is 5.65. The van der Waals surface area contributed by atoms with Gasteiger partial charge in [0.05, 0.1) is 0 Å². The Bertz CT molecular complexity index is 1110. The van der Waals surface area contributed by atoms with Crippen LogP contribution in [0.5, 0.6) is 0 Å². The summed E-state index contributed by atoms with van der Waals surface area (Å²) in [6.45, 7) is 0. The van der Waals surface area contributed by atoms with Gasteiger partial charge < -0.3 is 5.32 Å². The first kappa shape index (κ1) is 16.4. The Morgan fingerprint density at radius 3 is 2.41 bits per heavy atom. The lowest BCUT2D eigenvalue weighted by atomic mass is 10.2. The van der Waals surface area contributed by atoms with Crippen molar-refractivity contribution in [1.29, 1.82) is 0 Å². The minimum atomic E-state index is -0.323. The summed E-state index contributed by atoms with van der Waals surface area (Å²) in [4.78, 5) is 28.5. The normalized spacial score (nSPS) is 10.5. The van der Waals surface area contributed by atoms with Crippen LogP contribution in [-0.4, -0.2) is 31.4 Å². The first-order valence-corrected chi connectivity index (χ1v) is 8.14. The zero-order valence-corrected chi connectivity index (χ0v) is 14.0. The molecule has 3 heterocycles. The number of fused-ring (bicyclic) bond motifs is 1. The number of hydrogen-bond donors (Lipinski definition) is 2. The second kappa shape index (κ2) is 7.04. The number of amides is 2. The molecule has 0 atom stereocenters. The Labute approximate surface area is 153 Å². The lowest BCUT2D eigenvalue weighted by Crippen LogP contribution is -2.15. The van der Waals surface area contributed by atoms with Gasteiger partial charge in [-0.25, -0.2) is 0 Å². The monoisotopic (exact) mass is 358 g/mol. The van der Waals surface area contributed by atoms with E-state index in [1.165, 1.54) is 0 Å². The minimum Gasteiger partial charge on any atom is -0.321 e. The third kappa shape index (κ3) is 3.49. The molecule has 0 saturated heterocycles. The Kier molecular flexibility index (Phi) is 4.28. The largest absolute Gasteiger partial charge is 0.321 e. The van der Waals surface area contributed by atoms with Gasteiger partial charge in [-0.3, -0.25) is 24.3 Å². The van der Waals surface area contributed by atoms with E-state index in [0.717, 1.165) is 0 Å². The number of pyridine rings is 2. The van der Waals surface area contributed by atoms with Crippen molar-refractivity contribution >= 4 is 29.1 Å². The number of aromatic nitrogens is 4. The topological polar surface area (TPSA) is 101 Å². The summed E-state index contributed by atoms with van der Waals surface area (Å²) in [5, 5.41) is 13.4. The third-order valence-electron chi connectivity index (χ3n) is 3.84. The Morgan fingerprint density at radius 1 is 0.815 bits per heavy atom. The van der Waals surface area contributed by atoms with Crippen LogP contribution in [0.2, 0.25) is 0 Å². The molecule has 0 aliphatic carbocycles. The van der Waals surface area contributed by atoms with E-state index >= 15 is 0 Å². The van der Waals surface area contributed by atoms with Gasteiger partial charge in [0, 0.05) is 23.6 Å². The highest BCUT2D eigenvalue weighted by molar-refractivity contribution is 6.05. The fraction of sp³-hybridized carbons (Fsp3) is 0. The number of carbonyl (C=O) groups excluding carboxylic acids is 2. The molecule has 2 amide bonds. The van der Waals surface area contributed by atoms with E-state index in [4.69, 9.17) is 0 Å². The first-order valence-electron chi connectivity index (χ1n) is 8.14. The van der Waals surface area contributed by atoms with E-state index in [0.29, 0.717) is 28.5 Å². The first-order chi connectivity index (χ1) is 13.2. The van der Waals surface area contributed by atoms with Crippen LogP contribution in [0.1, 0.15) is 20.8 Å². The molecule has 0 spiro atoms. The van der Waals surface area contributed by atoms with Crippen molar-refractivity contribution in [2.24, 2.45) is 0 Å². The number of nitrogens with zero attached hydrogens (tertiary/aromatic N) is 4. The molecule has 0 aliphatic heterocycles. The average molecular weight is 358 g/mol. The summed E-state index contributed by atoms with van der Waals surface area (Å²) in [5.41, 5.74) is 1.95. The highest BCUT2D eigenvalue weighted by Gasteiger charge is 2.12. The molecule has 0 unspecified atom stereocenters. The molecule has 2 N–H and O–H groups in total. The van der Waals surface area contributed by atoms with Gasteiger partial charge in [0.25, 0.3) is 11.8 Å². The van der Waals surface area contributed by atoms with E-state index in [2.05, 4.69) is 25.8 Å². The Hall–Kier alpha value is -4.07. The van der Waals surface area contributed by atoms with Crippen LogP contribution in [0, 0.1) is 0 Å². The van der Waals surface area contributed by atoms with Crippen molar-refractivity contribution in [3.8, 4) is 0 Å². The van der Waals surface area contributed by atoms with Gasteiger partial charge >= 0.3 is 0 Å². The summed E-state index contributed by atoms with van der Waals surface area (Å²) >= 11 is 0. The fourth-order valence-corrected chi connectivity index (χ4v) is 2.50. The SMILES string of the molecule is O=C(Nc1nnc2ccccn12)c1ccc(NC(=O)c2ccccn2)cc1. The Morgan fingerprint density at radius 2 is 1.63 bits per heavy atom. The molecule has 4 aromatic rings. The lowest BCUT2D eigenvalue weighted by Gasteiger charge is -2.06. The molecule has 27 heavy (non-hydrogen) atoms. The van der Waals surface area contributed by atoms with Gasteiger partial charge in [-0.2, -0.15) is 0 Å². The van der Waals surface area contributed by atoms with Gasteiger partial charge in [0.2, 0.25) is 5.95 Å².